The van der Waals surface area contributed by atoms with Gasteiger partial charge in [0.05, 0.1) is 26.9 Å². The molecule has 0 saturated carbocycles. The van der Waals surface area contributed by atoms with Gasteiger partial charge < -0.3 is 19.5 Å². The average Bonchev–Trinajstić information content (AvgIpc) is 3.13. The first-order chi connectivity index (χ1) is 15.2. The van der Waals surface area contributed by atoms with Crippen molar-refractivity contribution in [2.45, 2.75) is 40.0 Å². The molecule has 32 heavy (non-hydrogen) atoms. The number of carbonyl (C=O) groups is 2. The smallest absolute Gasteiger partial charge is 0.341 e. The third-order valence-corrected chi connectivity index (χ3v) is 7.12. The van der Waals surface area contributed by atoms with E-state index in [9.17, 15) is 9.59 Å². The van der Waals surface area contributed by atoms with Crippen molar-refractivity contribution >= 4 is 34.3 Å². The fourth-order valence-corrected chi connectivity index (χ4v) is 5.33. The molecule has 2 aromatic rings. The van der Waals surface area contributed by atoms with E-state index in [1.165, 1.54) is 24.5 Å². The molecule has 0 spiro atoms. The van der Waals surface area contributed by atoms with E-state index in [1.54, 1.807) is 32.4 Å². The highest BCUT2D eigenvalue weighted by atomic mass is 32.1. The van der Waals surface area contributed by atoms with Gasteiger partial charge in [-0.05, 0) is 59.9 Å². The van der Waals surface area contributed by atoms with Gasteiger partial charge >= 0.3 is 5.97 Å². The molecule has 1 amide bonds. The molecular weight excluding hydrogens is 426 g/mol. The zero-order valence-electron chi connectivity index (χ0n) is 19.5. The number of fused-ring (bicyclic) bond motifs is 1. The fraction of sp³-hybridized carbons (Fsp3) is 0.440. The summed E-state index contributed by atoms with van der Waals surface area (Å²) in [5, 5.41) is 3.45. The van der Waals surface area contributed by atoms with Crippen molar-refractivity contribution in [1.29, 1.82) is 0 Å². The predicted molar refractivity (Wildman–Crippen MR) is 128 cm³/mol. The SMILES string of the molecule is COC(=O)c1c(NC(=O)/C=C\c2ccc(OC)c(OC)c2)sc2c1CC[C@H](C(C)(C)C)C2. The van der Waals surface area contributed by atoms with Crippen LogP contribution in [0.1, 0.15) is 53.6 Å². The van der Waals surface area contributed by atoms with Gasteiger partial charge in [0.1, 0.15) is 5.00 Å². The number of hydrogen-bond donors (Lipinski definition) is 1. The Morgan fingerprint density at radius 1 is 1.12 bits per heavy atom. The number of anilines is 1. The van der Waals surface area contributed by atoms with Gasteiger partial charge in [0.25, 0.3) is 0 Å². The number of ether oxygens (including phenoxy) is 3. The Hall–Kier alpha value is -2.80. The van der Waals surface area contributed by atoms with E-state index in [0.29, 0.717) is 28.0 Å². The van der Waals surface area contributed by atoms with Crippen molar-refractivity contribution in [3.05, 3.63) is 45.8 Å². The second kappa shape index (κ2) is 9.77. The maximum atomic E-state index is 12.7. The van der Waals surface area contributed by atoms with E-state index in [0.717, 1.165) is 35.3 Å². The first-order valence-corrected chi connectivity index (χ1v) is 11.4. The number of hydrogen-bond acceptors (Lipinski definition) is 6. The highest BCUT2D eigenvalue weighted by Gasteiger charge is 2.34. The van der Waals surface area contributed by atoms with E-state index in [4.69, 9.17) is 14.2 Å². The minimum atomic E-state index is -0.407. The van der Waals surface area contributed by atoms with Crippen LogP contribution >= 0.6 is 11.3 Å². The summed E-state index contributed by atoms with van der Waals surface area (Å²) in [6.45, 7) is 6.75. The highest BCUT2D eigenvalue weighted by Crippen LogP contribution is 2.44. The number of methoxy groups -OCH3 is 3. The molecule has 1 aromatic heterocycles. The molecule has 0 bridgehead atoms. The molecule has 1 aliphatic carbocycles. The Morgan fingerprint density at radius 3 is 2.47 bits per heavy atom. The van der Waals surface area contributed by atoms with E-state index < -0.39 is 5.97 Å². The maximum Gasteiger partial charge on any atom is 0.341 e. The standard InChI is InChI=1S/C25H31NO5S/c1-25(2,3)16-9-10-17-20(14-16)32-23(22(17)24(28)31-6)26-21(27)12-8-15-7-11-18(29-4)19(13-15)30-5/h7-8,11-13,16H,9-10,14H2,1-6H3,(H,26,27)/b12-8-/t16-/m0/s1. The van der Waals surface area contributed by atoms with Gasteiger partial charge in [0.15, 0.2) is 11.5 Å². The molecule has 0 aliphatic heterocycles. The maximum absolute atomic E-state index is 12.7. The summed E-state index contributed by atoms with van der Waals surface area (Å²) >= 11 is 1.48. The largest absolute Gasteiger partial charge is 0.493 e. The summed E-state index contributed by atoms with van der Waals surface area (Å²) in [6.07, 6.45) is 5.88. The van der Waals surface area contributed by atoms with Crippen molar-refractivity contribution in [2.75, 3.05) is 26.6 Å². The van der Waals surface area contributed by atoms with Gasteiger partial charge in [-0.1, -0.05) is 26.8 Å². The highest BCUT2D eigenvalue weighted by molar-refractivity contribution is 7.17. The number of thiophene rings is 1. The van der Waals surface area contributed by atoms with Crippen LogP contribution in [0.2, 0.25) is 0 Å². The van der Waals surface area contributed by atoms with Crippen LogP contribution in [-0.2, 0) is 22.4 Å². The third-order valence-electron chi connectivity index (χ3n) is 5.95. The van der Waals surface area contributed by atoms with Crippen LogP contribution in [0.15, 0.2) is 24.3 Å². The lowest BCUT2D eigenvalue weighted by Crippen LogP contribution is -2.26. The van der Waals surface area contributed by atoms with Crippen molar-refractivity contribution in [3.8, 4) is 11.5 Å². The molecule has 1 aromatic carbocycles. The van der Waals surface area contributed by atoms with E-state index >= 15 is 0 Å². The van der Waals surface area contributed by atoms with Crippen LogP contribution < -0.4 is 14.8 Å². The molecule has 0 radical (unpaired) electrons. The van der Waals surface area contributed by atoms with Crippen LogP contribution in [0, 0.1) is 11.3 Å². The Labute approximate surface area is 193 Å². The first-order valence-electron chi connectivity index (χ1n) is 10.6. The molecule has 1 atom stereocenters. The number of rotatable bonds is 6. The van der Waals surface area contributed by atoms with Crippen LogP contribution in [0.3, 0.4) is 0 Å². The lowest BCUT2D eigenvalue weighted by molar-refractivity contribution is -0.111. The normalized spacial score (nSPS) is 15.9. The van der Waals surface area contributed by atoms with Gasteiger partial charge in [-0.2, -0.15) is 0 Å². The summed E-state index contributed by atoms with van der Waals surface area (Å²) in [7, 11) is 4.51. The second-order valence-corrected chi connectivity index (χ2v) is 10.0. The van der Waals surface area contributed by atoms with E-state index in [1.807, 2.05) is 6.07 Å². The predicted octanol–water partition coefficient (Wildman–Crippen LogP) is 5.35. The number of benzene rings is 1. The summed E-state index contributed by atoms with van der Waals surface area (Å²) in [4.78, 5) is 26.4. The van der Waals surface area contributed by atoms with Gasteiger partial charge in [0, 0.05) is 11.0 Å². The summed E-state index contributed by atoms with van der Waals surface area (Å²) < 4.78 is 15.6. The first kappa shape index (κ1) is 23.9. The van der Waals surface area contributed by atoms with E-state index in [-0.39, 0.29) is 11.3 Å². The number of esters is 1. The Kier molecular flexibility index (Phi) is 7.29. The van der Waals surface area contributed by atoms with Gasteiger partial charge in [0.2, 0.25) is 5.91 Å². The van der Waals surface area contributed by atoms with Gasteiger partial charge in [-0.3, -0.25) is 4.79 Å². The van der Waals surface area contributed by atoms with Gasteiger partial charge in [-0.15, -0.1) is 11.3 Å². The van der Waals surface area contributed by atoms with E-state index in [2.05, 4.69) is 26.1 Å². The molecule has 1 heterocycles. The zero-order valence-corrected chi connectivity index (χ0v) is 20.4. The van der Waals surface area contributed by atoms with Crippen molar-refractivity contribution in [3.63, 3.8) is 0 Å². The minimum absolute atomic E-state index is 0.193. The Morgan fingerprint density at radius 2 is 1.84 bits per heavy atom. The topological polar surface area (TPSA) is 73.9 Å². The van der Waals surface area contributed by atoms with Crippen LogP contribution in [-0.4, -0.2) is 33.2 Å². The summed E-state index contributed by atoms with van der Waals surface area (Å²) in [6, 6.07) is 5.41. The number of nitrogens with one attached hydrogen (secondary N) is 1. The average molecular weight is 458 g/mol. The summed E-state index contributed by atoms with van der Waals surface area (Å²) in [5.41, 5.74) is 2.50. The van der Waals surface area contributed by atoms with Crippen molar-refractivity contribution < 1.29 is 23.8 Å². The molecule has 1 aliphatic rings. The molecule has 1 N–H and O–H groups in total. The molecule has 0 fully saturated rings. The second-order valence-electron chi connectivity index (χ2n) is 8.94. The fourth-order valence-electron chi connectivity index (χ4n) is 4.01. The molecule has 0 unspecified atom stereocenters. The molecule has 7 heteroatoms. The van der Waals surface area contributed by atoms with Crippen LogP contribution in [0.5, 0.6) is 11.5 Å². The minimum Gasteiger partial charge on any atom is -0.493 e. The molecule has 6 nitrogen and oxygen atoms in total. The molecule has 0 saturated heterocycles. The Bertz CT molecular complexity index is 1030. The van der Waals surface area contributed by atoms with Gasteiger partial charge in [-0.25, -0.2) is 4.79 Å². The molecular formula is C25H31NO5S. The van der Waals surface area contributed by atoms with Crippen LogP contribution in [0.25, 0.3) is 6.08 Å². The number of carbonyl (C=O) groups excluding carboxylic acids is 2. The third kappa shape index (κ3) is 5.15. The lowest BCUT2D eigenvalue weighted by atomic mass is 9.72. The monoisotopic (exact) mass is 457 g/mol. The zero-order chi connectivity index (χ0) is 23.5. The van der Waals surface area contributed by atoms with Crippen molar-refractivity contribution in [2.24, 2.45) is 11.3 Å². The summed E-state index contributed by atoms with van der Waals surface area (Å²) in [5.74, 6) is 1.02. The van der Waals surface area contributed by atoms with Crippen molar-refractivity contribution in [1.82, 2.24) is 0 Å². The quantitative estimate of drug-likeness (QED) is 0.467. The lowest BCUT2D eigenvalue weighted by Gasteiger charge is -2.33. The Balaban J connectivity index is 1.82. The molecule has 172 valence electrons. The molecule has 3 rings (SSSR count). The number of amides is 1. The van der Waals surface area contributed by atoms with Crippen LogP contribution in [0.4, 0.5) is 5.00 Å².